The Kier molecular flexibility index (Phi) is 4.98. The molecule has 2 aliphatic rings. The van der Waals surface area contributed by atoms with E-state index in [1.165, 1.54) is 19.5 Å². The van der Waals surface area contributed by atoms with E-state index in [0.29, 0.717) is 17.5 Å². The van der Waals surface area contributed by atoms with Crippen molar-refractivity contribution in [1.82, 2.24) is 19.5 Å². The Labute approximate surface area is 183 Å². The number of esters is 1. The van der Waals surface area contributed by atoms with Gasteiger partial charge in [0, 0.05) is 24.0 Å². The van der Waals surface area contributed by atoms with E-state index in [9.17, 15) is 9.59 Å². The van der Waals surface area contributed by atoms with Crippen LogP contribution in [0.3, 0.4) is 0 Å². The first-order valence-electron chi connectivity index (χ1n) is 10.2. The Morgan fingerprint density at radius 3 is 2.62 bits per heavy atom. The minimum Gasteiger partial charge on any atom is -0.487 e. The number of imidazole rings is 1. The second kappa shape index (κ2) is 7.97. The number of quaternary nitrogens is 1. The molecule has 0 unspecified atom stereocenters. The molecular weight excluding hydrogens is 412 g/mol. The summed E-state index contributed by atoms with van der Waals surface area (Å²) in [5.41, 5.74) is 2.37. The lowest BCUT2D eigenvalue weighted by molar-refractivity contribution is -0.451. The van der Waals surface area contributed by atoms with Crippen LogP contribution < -0.4 is 5.32 Å². The number of nitrogens with two attached hydrogens (primary N) is 1. The molecule has 1 amide bonds. The molecule has 3 heterocycles. The monoisotopic (exact) mass is 433 g/mol. The molecule has 0 atom stereocenters. The lowest BCUT2D eigenvalue weighted by Crippen LogP contribution is -2.93. The molecule has 1 aromatic carbocycles. The summed E-state index contributed by atoms with van der Waals surface area (Å²) < 4.78 is 12.0. The number of nitrogens with zero attached hydrogens (tertiary/aromatic N) is 5. The zero-order valence-electron chi connectivity index (χ0n) is 17.6. The third-order valence-corrected chi connectivity index (χ3v) is 5.70. The van der Waals surface area contributed by atoms with Gasteiger partial charge in [-0.3, -0.25) is 0 Å². The summed E-state index contributed by atoms with van der Waals surface area (Å²) in [5.74, 6) is 0.113. The number of amidine groups is 1. The molecule has 3 aromatic rings. The summed E-state index contributed by atoms with van der Waals surface area (Å²) in [6.45, 7) is 0. The first-order valence-corrected chi connectivity index (χ1v) is 10.2. The highest BCUT2D eigenvalue weighted by atomic mass is 16.5. The van der Waals surface area contributed by atoms with E-state index in [-0.39, 0.29) is 17.5 Å². The van der Waals surface area contributed by atoms with Gasteiger partial charge in [-0.15, -0.1) is 0 Å². The van der Waals surface area contributed by atoms with Crippen molar-refractivity contribution in [3.63, 3.8) is 0 Å². The predicted octanol–water partition coefficient (Wildman–Crippen LogP) is 1.10. The fourth-order valence-electron chi connectivity index (χ4n) is 3.93. The van der Waals surface area contributed by atoms with Crippen LogP contribution in [0.2, 0.25) is 0 Å². The number of ether oxygens (including phenoxy) is 2. The summed E-state index contributed by atoms with van der Waals surface area (Å²) in [4.78, 5) is 42.8. The minimum atomic E-state index is -0.740. The van der Waals surface area contributed by atoms with Crippen LogP contribution in [0.5, 0.6) is 0 Å². The molecule has 10 nitrogen and oxygen atoms in total. The van der Waals surface area contributed by atoms with Crippen LogP contribution in [-0.4, -0.2) is 51.5 Å². The van der Waals surface area contributed by atoms with E-state index in [2.05, 4.69) is 19.5 Å². The van der Waals surface area contributed by atoms with Gasteiger partial charge in [0.25, 0.3) is 11.6 Å². The minimum absolute atomic E-state index is 0.143. The van der Waals surface area contributed by atoms with Crippen LogP contribution in [-0.2, 0) is 19.1 Å². The van der Waals surface area contributed by atoms with Crippen LogP contribution in [0.15, 0.2) is 53.1 Å². The smallest absolute Gasteiger partial charge is 0.386 e. The van der Waals surface area contributed by atoms with Crippen molar-refractivity contribution in [2.24, 2.45) is 4.99 Å². The van der Waals surface area contributed by atoms with Crippen LogP contribution in [0, 0.1) is 0 Å². The molecule has 1 fully saturated rings. The normalized spacial score (nSPS) is 16.7. The maximum atomic E-state index is 12.7. The standard InChI is InChI=1S/C22H20N6O4/c1-31-17-16(22(30)32-2)26-19(27-21(17)29)20-25-14-8-7-12(18-23-9-4-10-24-18)11-15(14)28(20)13-5-3-6-13/h4,7-11,13H,3,5-6H2,1-2H3,(H,26,27,29)/p+1. The Morgan fingerprint density at radius 1 is 1.19 bits per heavy atom. The second-order valence-electron chi connectivity index (χ2n) is 7.55. The van der Waals surface area contributed by atoms with Gasteiger partial charge in [0.15, 0.2) is 5.82 Å². The first kappa shape index (κ1) is 20.0. The van der Waals surface area contributed by atoms with Crippen molar-refractivity contribution in [2.45, 2.75) is 25.3 Å². The summed E-state index contributed by atoms with van der Waals surface area (Å²) in [7, 11) is 2.55. The van der Waals surface area contributed by atoms with Gasteiger partial charge in [0.1, 0.15) is 0 Å². The quantitative estimate of drug-likeness (QED) is 0.597. The zero-order chi connectivity index (χ0) is 22.2. The Morgan fingerprint density at radius 2 is 1.97 bits per heavy atom. The van der Waals surface area contributed by atoms with Gasteiger partial charge >= 0.3 is 11.9 Å². The molecule has 0 bridgehead atoms. The number of hydrogen-bond acceptors (Lipinski definition) is 8. The van der Waals surface area contributed by atoms with E-state index in [1.54, 1.807) is 18.5 Å². The Balaban J connectivity index is 1.69. The Bertz CT molecular complexity index is 1290. The fourth-order valence-corrected chi connectivity index (χ4v) is 3.93. The van der Waals surface area contributed by atoms with Crippen molar-refractivity contribution in [3.8, 4) is 11.4 Å². The lowest BCUT2D eigenvalue weighted by Gasteiger charge is -2.29. The van der Waals surface area contributed by atoms with Crippen LogP contribution in [0.25, 0.3) is 22.4 Å². The second-order valence-corrected chi connectivity index (χ2v) is 7.55. The van der Waals surface area contributed by atoms with Crippen molar-refractivity contribution >= 4 is 28.7 Å². The highest BCUT2D eigenvalue weighted by Crippen LogP contribution is 2.36. The molecule has 1 saturated carbocycles. The number of benzene rings is 1. The Hall–Kier alpha value is -3.92. The molecule has 1 aliphatic carbocycles. The molecule has 0 saturated heterocycles. The van der Waals surface area contributed by atoms with Crippen LogP contribution in [0.1, 0.15) is 31.1 Å². The number of aromatic nitrogens is 4. The molecule has 1 aliphatic heterocycles. The summed E-state index contributed by atoms with van der Waals surface area (Å²) in [5, 5.41) is 1.35. The highest BCUT2D eigenvalue weighted by molar-refractivity contribution is 6.08. The van der Waals surface area contributed by atoms with E-state index in [4.69, 9.17) is 14.5 Å². The molecule has 2 N–H and O–H groups in total. The zero-order valence-corrected chi connectivity index (χ0v) is 17.6. The number of aliphatic imine (C=N–C) groups is 1. The van der Waals surface area contributed by atoms with Gasteiger partial charge in [-0.25, -0.2) is 29.9 Å². The topological polar surface area (TPSA) is 125 Å². The third kappa shape index (κ3) is 3.25. The third-order valence-electron chi connectivity index (χ3n) is 5.70. The molecule has 10 heteroatoms. The maximum Gasteiger partial charge on any atom is 0.386 e. The molecule has 2 aromatic heterocycles. The number of hydrogen-bond donors (Lipinski definition) is 1. The van der Waals surface area contributed by atoms with Crippen molar-refractivity contribution in [1.29, 1.82) is 0 Å². The van der Waals surface area contributed by atoms with Crippen molar-refractivity contribution < 1.29 is 24.4 Å². The molecule has 32 heavy (non-hydrogen) atoms. The number of primary amides is 1. The number of fused-ring (bicyclic) bond motifs is 1. The number of amides is 1. The van der Waals surface area contributed by atoms with Crippen LogP contribution >= 0.6 is 0 Å². The average molecular weight is 433 g/mol. The van der Waals surface area contributed by atoms with Crippen molar-refractivity contribution in [2.75, 3.05) is 14.2 Å². The predicted molar refractivity (Wildman–Crippen MR) is 113 cm³/mol. The highest BCUT2D eigenvalue weighted by Gasteiger charge is 2.37. The molecule has 162 valence electrons. The van der Waals surface area contributed by atoms with E-state index in [0.717, 1.165) is 35.9 Å². The largest absolute Gasteiger partial charge is 0.487 e. The van der Waals surface area contributed by atoms with Gasteiger partial charge in [-0.05, 0) is 43.5 Å². The molecule has 0 spiro atoms. The van der Waals surface area contributed by atoms with E-state index < -0.39 is 11.9 Å². The average Bonchev–Trinajstić information content (AvgIpc) is 3.16. The molecule has 0 radical (unpaired) electrons. The van der Waals surface area contributed by atoms with E-state index in [1.807, 2.05) is 18.2 Å². The molecular formula is C22H21N6O4+. The van der Waals surface area contributed by atoms with Gasteiger partial charge in [-0.1, -0.05) is 0 Å². The van der Waals surface area contributed by atoms with Gasteiger partial charge in [0.2, 0.25) is 11.5 Å². The van der Waals surface area contributed by atoms with Gasteiger partial charge in [0.05, 0.1) is 25.3 Å². The van der Waals surface area contributed by atoms with Crippen molar-refractivity contribution in [3.05, 3.63) is 53.9 Å². The summed E-state index contributed by atoms with van der Waals surface area (Å²) in [6.07, 6.45) is 6.50. The fraction of sp³-hybridized carbons (Fsp3) is 0.273. The summed E-state index contributed by atoms with van der Waals surface area (Å²) >= 11 is 0. The van der Waals surface area contributed by atoms with Gasteiger partial charge in [-0.2, -0.15) is 4.99 Å². The number of methoxy groups -OCH3 is 2. The first-order chi connectivity index (χ1) is 15.6. The lowest BCUT2D eigenvalue weighted by atomic mass is 9.92. The van der Waals surface area contributed by atoms with Crippen LogP contribution in [0.4, 0.5) is 0 Å². The number of carbonyl (C=O) groups is 2. The summed E-state index contributed by atoms with van der Waals surface area (Å²) in [6, 6.07) is 7.82. The number of rotatable bonds is 5. The molecule has 5 rings (SSSR count). The SMILES string of the molecule is COC(=O)C1=C(OC)C(=O)[NH2+]C(c2nc3ccc(-c4ncccn4)cc3n2C2CCC2)=N1. The number of carbonyl (C=O) groups excluding carboxylic acids is 2. The maximum absolute atomic E-state index is 12.7. The van der Waals surface area contributed by atoms with E-state index >= 15 is 0 Å². The van der Waals surface area contributed by atoms with Gasteiger partial charge < -0.3 is 14.0 Å².